The van der Waals surface area contributed by atoms with E-state index in [0.29, 0.717) is 25.2 Å². The van der Waals surface area contributed by atoms with Gasteiger partial charge >= 0.3 is 0 Å². The first-order valence-corrected chi connectivity index (χ1v) is 6.53. The second-order valence-corrected chi connectivity index (χ2v) is 5.63. The molecule has 0 spiro atoms. The fourth-order valence-electron chi connectivity index (χ4n) is 2.56. The number of hydrogen-bond donors (Lipinski definition) is 1. The second kappa shape index (κ2) is 5.29. The fraction of sp³-hybridized carbons (Fsp3) is 0.600. The lowest BCUT2D eigenvalue weighted by atomic mass is 9.57. The van der Waals surface area contributed by atoms with Crippen molar-refractivity contribution in [3.8, 4) is 5.75 Å². The molecule has 1 aromatic carbocycles. The number of benzene rings is 1. The van der Waals surface area contributed by atoms with Crippen molar-refractivity contribution in [3.05, 3.63) is 29.8 Å². The van der Waals surface area contributed by atoms with Gasteiger partial charge in [-0.3, -0.25) is 0 Å². The van der Waals surface area contributed by atoms with E-state index < -0.39 is 0 Å². The van der Waals surface area contributed by atoms with Crippen LogP contribution in [0.4, 0.5) is 0 Å². The van der Waals surface area contributed by atoms with Crippen LogP contribution in [0.2, 0.25) is 0 Å². The van der Waals surface area contributed by atoms with Crippen molar-refractivity contribution in [1.82, 2.24) is 0 Å². The van der Waals surface area contributed by atoms with Gasteiger partial charge in [0.05, 0.1) is 6.61 Å². The van der Waals surface area contributed by atoms with E-state index in [9.17, 15) is 0 Å². The van der Waals surface area contributed by atoms with Gasteiger partial charge in [0, 0.05) is 13.2 Å². The Balaban J connectivity index is 1.96. The molecule has 1 aromatic rings. The van der Waals surface area contributed by atoms with E-state index in [1.807, 2.05) is 12.1 Å². The van der Waals surface area contributed by atoms with Gasteiger partial charge in [-0.1, -0.05) is 26.0 Å². The Bertz CT molecular complexity index is 386. The highest BCUT2D eigenvalue weighted by Crippen LogP contribution is 2.51. The zero-order chi connectivity index (χ0) is 13.2. The summed E-state index contributed by atoms with van der Waals surface area (Å²) in [5.74, 6) is 1.47. The van der Waals surface area contributed by atoms with Gasteiger partial charge in [-0.15, -0.1) is 0 Å². The Morgan fingerprint density at radius 3 is 2.39 bits per heavy atom. The first kappa shape index (κ1) is 13.4. The van der Waals surface area contributed by atoms with Gasteiger partial charge in [0.15, 0.2) is 0 Å². The van der Waals surface area contributed by atoms with Gasteiger partial charge in [0.25, 0.3) is 0 Å². The van der Waals surface area contributed by atoms with Crippen molar-refractivity contribution in [3.63, 3.8) is 0 Å². The molecule has 1 saturated carbocycles. The van der Waals surface area contributed by atoms with E-state index in [-0.39, 0.29) is 5.41 Å². The van der Waals surface area contributed by atoms with Crippen LogP contribution in [0.15, 0.2) is 24.3 Å². The minimum atomic E-state index is 0.207. The molecule has 0 bridgehead atoms. The van der Waals surface area contributed by atoms with E-state index >= 15 is 0 Å². The topological polar surface area (TPSA) is 44.5 Å². The molecule has 0 aromatic heterocycles. The highest BCUT2D eigenvalue weighted by Gasteiger charge is 2.46. The average molecular weight is 249 g/mol. The maximum absolute atomic E-state index is 6.06. The minimum Gasteiger partial charge on any atom is -0.491 e. The number of hydrogen-bond acceptors (Lipinski definition) is 3. The second-order valence-electron chi connectivity index (χ2n) is 5.63. The minimum absolute atomic E-state index is 0.207. The molecule has 3 heteroatoms. The molecule has 18 heavy (non-hydrogen) atoms. The molecule has 2 rings (SSSR count). The molecule has 0 aliphatic heterocycles. The lowest BCUT2D eigenvalue weighted by molar-refractivity contribution is 0.0983. The summed E-state index contributed by atoms with van der Waals surface area (Å²) in [6.45, 7) is 5.70. The van der Waals surface area contributed by atoms with Crippen LogP contribution >= 0.6 is 0 Å². The fourth-order valence-corrected chi connectivity index (χ4v) is 2.56. The largest absolute Gasteiger partial charge is 0.491 e. The number of rotatable bonds is 5. The zero-order valence-electron chi connectivity index (χ0n) is 11.5. The molecular weight excluding hydrogens is 226 g/mol. The Hall–Kier alpha value is -1.06. The summed E-state index contributed by atoms with van der Waals surface area (Å²) < 4.78 is 10.5. The van der Waals surface area contributed by atoms with Crippen LogP contribution < -0.4 is 10.5 Å². The van der Waals surface area contributed by atoms with Crippen LogP contribution in [-0.2, 0) is 4.74 Å². The number of ether oxygens (including phenoxy) is 2. The van der Waals surface area contributed by atoms with Gasteiger partial charge in [-0.2, -0.15) is 0 Å². The van der Waals surface area contributed by atoms with Crippen molar-refractivity contribution in [2.24, 2.45) is 11.1 Å². The molecule has 2 N–H and O–H groups in total. The van der Waals surface area contributed by atoms with Crippen molar-refractivity contribution in [2.45, 2.75) is 32.2 Å². The monoisotopic (exact) mass is 249 g/mol. The number of nitrogens with two attached hydrogens (primary N) is 1. The third kappa shape index (κ3) is 2.52. The van der Waals surface area contributed by atoms with Crippen LogP contribution in [0.25, 0.3) is 0 Å². The molecule has 0 heterocycles. The van der Waals surface area contributed by atoms with Gasteiger partial charge < -0.3 is 15.2 Å². The number of methoxy groups -OCH3 is 1. The lowest BCUT2D eigenvalue weighted by Crippen LogP contribution is -2.52. The predicted molar refractivity (Wildman–Crippen MR) is 72.9 cm³/mol. The average Bonchev–Trinajstić information content (AvgIpc) is 2.37. The first-order valence-electron chi connectivity index (χ1n) is 6.53. The highest BCUT2D eigenvalue weighted by molar-refractivity contribution is 5.33. The quantitative estimate of drug-likeness (QED) is 0.816. The van der Waals surface area contributed by atoms with E-state index in [1.165, 1.54) is 5.56 Å². The first-order chi connectivity index (χ1) is 8.55. The molecule has 2 unspecified atom stereocenters. The standard InChI is InChI=1S/C15H23NO2/c1-15(2)13(10-14(15)16)11-4-6-12(7-5-11)18-9-8-17-3/h4-7,13-14H,8-10,16H2,1-3H3. The Morgan fingerprint density at radius 1 is 1.22 bits per heavy atom. The van der Waals surface area contributed by atoms with Gasteiger partial charge in [-0.05, 0) is 35.4 Å². The zero-order valence-corrected chi connectivity index (χ0v) is 11.5. The summed E-state index contributed by atoms with van der Waals surface area (Å²) in [5.41, 5.74) is 7.62. The smallest absolute Gasteiger partial charge is 0.119 e. The molecule has 2 atom stereocenters. The van der Waals surface area contributed by atoms with Crippen LogP contribution in [0, 0.1) is 5.41 Å². The van der Waals surface area contributed by atoms with Gasteiger partial charge in [0.2, 0.25) is 0 Å². The third-order valence-electron chi connectivity index (χ3n) is 4.18. The highest BCUT2D eigenvalue weighted by atomic mass is 16.5. The van der Waals surface area contributed by atoms with Crippen molar-refractivity contribution in [1.29, 1.82) is 0 Å². The summed E-state index contributed by atoms with van der Waals surface area (Å²) >= 11 is 0. The van der Waals surface area contributed by atoms with Crippen molar-refractivity contribution < 1.29 is 9.47 Å². The normalized spacial score (nSPS) is 25.6. The SMILES string of the molecule is COCCOc1ccc(C2CC(N)C2(C)C)cc1. The molecular formula is C15H23NO2. The van der Waals surface area contributed by atoms with Gasteiger partial charge in [-0.25, -0.2) is 0 Å². The molecule has 0 saturated heterocycles. The molecule has 1 fully saturated rings. The van der Waals surface area contributed by atoms with Crippen molar-refractivity contribution in [2.75, 3.05) is 20.3 Å². The van der Waals surface area contributed by atoms with Gasteiger partial charge in [0.1, 0.15) is 12.4 Å². The molecule has 0 radical (unpaired) electrons. The maximum atomic E-state index is 6.06. The molecule has 1 aliphatic rings. The lowest BCUT2D eigenvalue weighted by Gasteiger charge is -2.50. The van der Waals surface area contributed by atoms with Crippen LogP contribution in [0.5, 0.6) is 5.75 Å². The molecule has 100 valence electrons. The Kier molecular flexibility index (Phi) is 3.93. The molecule has 0 amide bonds. The molecule has 1 aliphatic carbocycles. The van der Waals surface area contributed by atoms with E-state index in [1.54, 1.807) is 7.11 Å². The Morgan fingerprint density at radius 2 is 1.89 bits per heavy atom. The maximum Gasteiger partial charge on any atom is 0.119 e. The summed E-state index contributed by atoms with van der Waals surface area (Å²) in [6, 6.07) is 8.69. The van der Waals surface area contributed by atoms with E-state index in [0.717, 1.165) is 12.2 Å². The van der Waals surface area contributed by atoms with E-state index in [2.05, 4.69) is 26.0 Å². The summed E-state index contributed by atoms with van der Waals surface area (Å²) in [7, 11) is 1.67. The third-order valence-corrected chi connectivity index (χ3v) is 4.18. The predicted octanol–water partition coefficient (Wildman–Crippen LogP) is 2.55. The summed E-state index contributed by atoms with van der Waals surface area (Å²) in [5, 5.41) is 0. The van der Waals surface area contributed by atoms with Crippen LogP contribution in [0.1, 0.15) is 31.7 Å². The van der Waals surface area contributed by atoms with Crippen molar-refractivity contribution >= 4 is 0 Å². The summed E-state index contributed by atoms with van der Waals surface area (Å²) in [4.78, 5) is 0. The Labute approximate surface area is 109 Å². The van der Waals surface area contributed by atoms with E-state index in [4.69, 9.17) is 15.2 Å². The molecule has 3 nitrogen and oxygen atoms in total. The van der Waals surface area contributed by atoms with Crippen LogP contribution in [-0.4, -0.2) is 26.4 Å². The van der Waals surface area contributed by atoms with Crippen LogP contribution in [0.3, 0.4) is 0 Å². The summed E-state index contributed by atoms with van der Waals surface area (Å²) in [6.07, 6.45) is 1.08.